The summed E-state index contributed by atoms with van der Waals surface area (Å²) in [5.74, 6) is 0.292. The van der Waals surface area contributed by atoms with Crippen LogP contribution in [0.5, 0.6) is 0 Å². The predicted octanol–water partition coefficient (Wildman–Crippen LogP) is 4.54. The molecule has 3 aromatic carbocycles. The zero-order valence-electron chi connectivity index (χ0n) is 22.9. The van der Waals surface area contributed by atoms with Gasteiger partial charge in [0.2, 0.25) is 0 Å². The Morgan fingerprint density at radius 3 is 2.50 bits per heavy atom. The first kappa shape index (κ1) is 25.9. The minimum atomic E-state index is -0.454. The molecule has 2 aromatic heterocycles. The van der Waals surface area contributed by atoms with E-state index in [1.54, 1.807) is 16.8 Å². The molecule has 6 rings (SSSR count). The van der Waals surface area contributed by atoms with E-state index in [0.29, 0.717) is 17.9 Å². The largest absolute Gasteiger partial charge is 0.369 e. The van der Waals surface area contributed by atoms with Crippen LogP contribution in [0.4, 0.5) is 10.1 Å². The van der Waals surface area contributed by atoms with Gasteiger partial charge in [-0.1, -0.05) is 35.9 Å². The van der Waals surface area contributed by atoms with Crippen molar-refractivity contribution in [2.24, 2.45) is 0 Å². The Kier molecular flexibility index (Phi) is 6.89. The maximum absolute atomic E-state index is 13.6. The van der Waals surface area contributed by atoms with Crippen molar-refractivity contribution >= 4 is 16.6 Å². The highest BCUT2D eigenvalue weighted by atomic mass is 19.1. The molecule has 1 fully saturated rings. The molecule has 0 saturated carbocycles. The number of piperazine rings is 1. The second-order valence-electron chi connectivity index (χ2n) is 10.6. The van der Waals surface area contributed by atoms with Gasteiger partial charge in [-0.15, -0.1) is 5.10 Å². The van der Waals surface area contributed by atoms with Crippen LogP contribution in [0.15, 0.2) is 71.5 Å². The van der Waals surface area contributed by atoms with E-state index < -0.39 is 6.04 Å². The predicted molar refractivity (Wildman–Crippen MR) is 154 cm³/mol. The lowest BCUT2D eigenvalue weighted by molar-refractivity contribution is 0.200. The lowest BCUT2D eigenvalue weighted by Crippen LogP contribution is -2.49. The van der Waals surface area contributed by atoms with Crippen LogP contribution in [0.25, 0.3) is 10.9 Å². The van der Waals surface area contributed by atoms with E-state index in [4.69, 9.17) is 0 Å². The normalized spacial score (nSPS) is 15.1. The quantitative estimate of drug-likeness (QED) is 0.343. The van der Waals surface area contributed by atoms with Gasteiger partial charge in [0, 0.05) is 42.9 Å². The van der Waals surface area contributed by atoms with Crippen LogP contribution in [-0.2, 0) is 6.54 Å². The number of halogens is 1. The fourth-order valence-electron chi connectivity index (χ4n) is 5.63. The highest BCUT2D eigenvalue weighted by Gasteiger charge is 2.33. The van der Waals surface area contributed by atoms with Crippen molar-refractivity contribution in [3.05, 3.63) is 117 Å². The summed E-state index contributed by atoms with van der Waals surface area (Å²) in [5.41, 5.74) is 7.04. The maximum Gasteiger partial charge on any atom is 0.253 e. The topological polar surface area (TPSA) is 82.9 Å². The van der Waals surface area contributed by atoms with Crippen LogP contribution in [0, 0.1) is 26.6 Å². The van der Waals surface area contributed by atoms with Gasteiger partial charge in [-0.2, -0.15) is 0 Å². The molecule has 204 valence electrons. The number of benzene rings is 3. The highest BCUT2D eigenvalue weighted by molar-refractivity contribution is 5.79. The van der Waals surface area contributed by atoms with Gasteiger partial charge in [0.25, 0.3) is 5.56 Å². The van der Waals surface area contributed by atoms with Gasteiger partial charge in [0.1, 0.15) is 11.9 Å². The summed E-state index contributed by atoms with van der Waals surface area (Å²) in [6, 6.07) is 20.3. The molecule has 1 atom stereocenters. The number of hydrogen-bond donors (Lipinski definition) is 1. The third kappa shape index (κ3) is 5.00. The zero-order chi connectivity index (χ0) is 27.8. The van der Waals surface area contributed by atoms with Gasteiger partial charge in [0.15, 0.2) is 5.82 Å². The Balaban J connectivity index is 1.39. The van der Waals surface area contributed by atoms with Gasteiger partial charge in [-0.05, 0) is 89.7 Å². The maximum atomic E-state index is 13.6. The van der Waals surface area contributed by atoms with Crippen molar-refractivity contribution in [1.29, 1.82) is 0 Å². The van der Waals surface area contributed by atoms with Crippen LogP contribution in [0.2, 0.25) is 0 Å². The number of pyridine rings is 1. The first-order valence-corrected chi connectivity index (χ1v) is 13.6. The number of nitrogens with zero attached hydrogens (tertiary/aromatic N) is 6. The molecule has 5 aromatic rings. The van der Waals surface area contributed by atoms with Crippen LogP contribution in [-0.4, -0.2) is 56.3 Å². The third-order valence-electron chi connectivity index (χ3n) is 7.97. The molecule has 40 heavy (non-hydrogen) atoms. The number of rotatable bonds is 6. The minimum absolute atomic E-state index is 0.158. The number of hydrogen-bond acceptors (Lipinski definition) is 6. The van der Waals surface area contributed by atoms with E-state index in [1.165, 1.54) is 28.9 Å². The summed E-state index contributed by atoms with van der Waals surface area (Å²) < 4.78 is 15.3. The number of anilines is 1. The first-order valence-electron chi connectivity index (χ1n) is 13.6. The minimum Gasteiger partial charge on any atom is -0.369 e. The molecular formula is C31H32FN7O. The number of fused-ring (bicyclic) bond motifs is 1. The smallest absolute Gasteiger partial charge is 0.253 e. The van der Waals surface area contributed by atoms with E-state index in [-0.39, 0.29) is 11.4 Å². The number of aromatic amines is 1. The Morgan fingerprint density at radius 1 is 0.950 bits per heavy atom. The number of H-pyrrole nitrogens is 1. The van der Waals surface area contributed by atoms with Crippen molar-refractivity contribution in [3.8, 4) is 0 Å². The monoisotopic (exact) mass is 537 g/mol. The SMILES string of the molecule is Cc1ccc2[nH]c(=O)c([C@H](c3nnnn3Cc3ccc(F)cc3)N3CCN(c4cccc(C)c4C)CC3)cc2c1. The zero-order valence-corrected chi connectivity index (χ0v) is 22.9. The molecule has 1 aliphatic rings. The molecular weight excluding hydrogens is 505 g/mol. The van der Waals surface area contributed by atoms with Crippen molar-refractivity contribution in [2.75, 3.05) is 31.1 Å². The van der Waals surface area contributed by atoms with Crippen LogP contribution >= 0.6 is 0 Å². The van der Waals surface area contributed by atoms with E-state index in [9.17, 15) is 9.18 Å². The fraction of sp³-hybridized carbons (Fsp3) is 0.290. The Hall–Kier alpha value is -4.37. The molecule has 1 saturated heterocycles. The summed E-state index contributed by atoms with van der Waals surface area (Å²) in [7, 11) is 0. The van der Waals surface area contributed by atoms with E-state index >= 15 is 0 Å². The molecule has 1 N–H and O–H groups in total. The molecule has 0 radical (unpaired) electrons. The average Bonchev–Trinajstić information content (AvgIpc) is 3.40. The molecule has 0 spiro atoms. The Morgan fingerprint density at radius 2 is 1.73 bits per heavy atom. The van der Waals surface area contributed by atoms with Gasteiger partial charge in [0.05, 0.1) is 6.54 Å². The highest BCUT2D eigenvalue weighted by Crippen LogP contribution is 2.30. The number of nitrogens with one attached hydrogen (secondary N) is 1. The van der Waals surface area contributed by atoms with Crippen LogP contribution < -0.4 is 10.5 Å². The standard InChI is InChI=1S/C31H32FN7O/c1-20-7-12-27-24(17-20)18-26(31(40)33-27)29(30-34-35-36-39(30)19-23-8-10-25(32)11-9-23)38-15-13-37(14-16-38)28-6-4-5-21(2)22(28)3/h4-12,17-18,29H,13-16,19H2,1-3H3,(H,33,40)/t29-/m1/s1. The molecule has 3 heterocycles. The summed E-state index contributed by atoms with van der Waals surface area (Å²) in [6.07, 6.45) is 0. The molecule has 0 aliphatic carbocycles. The second kappa shape index (κ2) is 10.7. The number of aryl methyl sites for hydroxylation is 2. The molecule has 8 nitrogen and oxygen atoms in total. The van der Waals surface area contributed by atoms with Gasteiger partial charge >= 0.3 is 0 Å². The van der Waals surface area contributed by atoms with E-state index in [1.807, 2.05) is 25.1 Å². The van der Waals surface area contributed by atoms with Crippen molar-refractivity contribution < 1.29 is 4.39 Å². The molecule has 0 unspecified atom stereocenters. The van der Waals surface area contributed by atoms with Gasteiger partial charge in [-0.3, -0.25) is 9.69 Å². The van der Waals surface area contributed by atoms with Crippen LogP contribution in [0.1, 0.15) is 39.7 Å². The third-order valence-corrected chi connectivity index (χ3v) is 7.97. The van der Waals surface area contributed by atoms with E-state index in [2.05, 4.69) is 68.4 Å². The number of aromatic nitrogens is 5. The average molecular weight is 538 g/mol. The summed E-state index contributed by atoms with van der Waals surface area (Å²) >= 11 is 0. The van der Waals surface area contributed by atoms with Crippen molar-refractivity contribution in [2.45, 2.75) is 33.4 Å². The molecule has 9 heteroatoms. The van der Waals surface area contributed by atoms with Gasteiger partial charge in [-0.25, -0.2) is 9.07 Å². The summed E-state index contributed by atoms with van der Waals surface area (Å²) in [4.78, 5) is 21.3. The second-order valence-corrected chi connectivity index (χ2v) is 10.6. The fourth-order valence-corrected chi connectivity index (χ4v) is 5.63. The van der Waals surface area contributed by atoms with Crippen molar-refractivity contribution in [3.63, 3.8) is 0 Å². The molecule has 1 aliphatic heterocycles. The molecule has 0 amide bonds. The lowest BCUT2D eigenvalue weighted by atomic mass is 10.0. The lowest BCUT2D eigenvalue weighted by Gasteiger charge is -2.40. The number of tetrazole rings is 1. The Labute approximate surface area is 232 Å². The summed E-state index contributed by atoms with van der Waals surface area (Å²) in [6.45, 7) is 9.79. The van der Waals surface area contributed by atoms with Gasteiger partial charge < -0.3 is 9.88 Å². The summed E-state index contributed by atoms with van der Waals surface area (Å²) in [5, 5.41) is 13.7. The first-order chi connectivity index (χ1) is 19.4. The van der Waals surface area contributed by atoms with E-state index in [0.717, 1.165) is 48.2 Å². The Bertz CT molecular complexity index is 1720. The van der Waals surface area contributed by atoms with Crippen molar-refractivity contribution in [1.82, 2.24) is 30.1 Å². The van der Waals surface area contributed by atoms with Crippen LogP contribution in [0.3, 0.4) is 0 Å². The molecule has 0 bridgehead atoms.